The third-order valence-electron chi connectivity index (χ3n) is 8.21. The van der Waals surface area contributed by atoms with Gasteiger partial charge in [-0.2, -0.15) is 0 Å². The number of hydrogen-bond acceptors (Lipinski definition) is 6. The minimum atomic E-state index is -0.575. The molecule has 0 unspecified atom stereocenters. The Bertz CT molecular complexity index is 1010. The van der Waals surface area contributed by atoms with Crippen LogP contribution in [-0.4, -0.2) is 85.4 Å². The average Bonchev–Trinajstić information content (AvgIpc) is 3.42. The van der Waals surface area contributed by atoms with E-state index in [0.717, 1.165) is 51.3 Å². The SMILES string of the molecule is CCC[C@H]1CN(C(=O)[C@@H](CC(C)(C)C)c2cc(N3CCN(CC)CC3)ccc2C(N)=O)[C@@H]2C(=O)CO[C@H]12. The van der Waals surface area contributed by atoms with Gasteiger partial charge in [0.2, 0.25) is 11.8 Å². The van der Waals surface area contributed by atoms with Crippen LogP contribution in [0.15, 0.2) is 18.2 Å². The largest absolute Gasteiger partial charge is 0.369 e. The summed E-state index contributed by atoms with van der Waals surface area (Å²) in [7, 11) is 0. The molecule has 0 aliphatic carbocycles. The number of carbonyl (C=O) groups is 3. The number of ketones is 1. The molecule has 0 bridgehead atoms. The van der Waals surface area contributed by atoms with Crippen LogP contribution >= 0.6 is 0 Å². The van der Waals surface area contributed by atoms with Gasteiger partial charge in [-0.05, 0) is 48.6 Å². The minimum absolute atomic E-state index is 0.0240. The molecule has 8 nitrogen and oxygen atoms in total. The van der Waals surface area contributed by atoms with Crippen molar-refractivity contribution in [3.8, 4) is 0 Å². The first-order valence-electron chi connectivity index (χ1n) is 13.9. The van der Waals surface area contributed by atoms with E-state index < -0.39 is 17.9 Å². The number of nitrogens with two attached hydrogens (primary N) is 1. The molecule has 3 heterocycles. The Kier molecular flexibility index (Phi) is 8.29. The summed E-state index contributed by atoms with van der Waals surface area (Å²) in [5, 5.41) is 0. The first-order valence-corrected chi connectivity index (χ1v) is 13.9. The Labute approximate surface area is 221 Å². The monoisotopic (exact) mass is 512 g/mol. The van der Waals surface area contributed by atoms with Crippen LogP contribution in [0.2, 0.25) is 0 Å². The number of carbonyl (C=O) groups excluding carboxylic acids is 3. The van der Waals surface area contributed by atoms with E-state index in [9.17, 15) is 14.4 Å². The molecule has 2 N–H and O–H groups in total. The van der Waals surface area contributed by atoms with E-state index in [1.54, 1.807) is 11.0 Å². The van der Waals surface area contributed by atoms with Crippen molar-refractivity contribution in [2.75, 3.05) is 50.8 Å². The van der Waals surface area contributed by atoms with Gasteiger partial charge in [-0.15, -0.1) is 0 Å². The first-order chi connectivity index (χ1) is 17.5. The van der Waals surface area contributed by atoms with E-state index in [4.69, 9.17) is 10.5 Å². The lowest BCUT2D eigenvalue weighted by atomic mass is 9.79. The van der Waals surface area contributed by atoms with E-state index in [1.807, 2.05) is 12.1 Å². The topological polar surface area (TPSA) is 96.2 Å². The summed E-state index contributed by atoms with van der Waals surface area (Å²) in [6, 6.07) is 5.19. The molecule has 8 heteroatoms. The zero-order valence-electron chi connectivity index (χ0n) is 23.2. The van der Waals surface area contributed by atoms with Crippen LogP contribution in [-0.2, 0) is 14.3 Å². The lowest BCUT2D eigenvalue weighted by Gasteiger charge is -2.36. The molecule has 0 spiro atoms. The highest BCUT2D eigenvalue weighted by Gasteiger charge is 2.53. The van der Waals surface area contributed by atoms with Crippen LogP contribution in [0.1, 0.15) is 75.7 Å². The Morgan fingerprint density at radius 3 is 2.43 bits per heavy atom. The highest BCUT2D eigenvalue weighted by Crippen LogP contribution is 2.41. The number of fused-ring (bicyclic) bond motifs is 1. The van der Waals surface area contributed by atoms with E-state index in [2.05, 4.69) is 44.4 Å². The molecule has 0 saturated carbocycles. The third kappa shape index (κ3) is 5.85. The van der Waals surface area contributed by atoms with Gasteiger partial charge in [0.05, 0.1) is 12.0 Å². The van der Waals surface area contributed by atoms with Gasteiger partial charge in [-0.3, -0.25) is 14.4 Å². The van der Waals surface area contributed by atoms with Crippen molar-refractivity contribution in [2.45, 2.75) is 71.9 Å². The Balaban J connectivity index is 1.72. The predicted octanol–water partition coefficient (Wildman–Crippen LogP) is 3.04. The van der Waals surface area contributed by atoms with Gasteiger partial charge < -0.3 is 25.2 Å². The molecular weight excluding hydrogens is 468 g/mol. The van der Waals surface area contributed by atoms with Crippen LogP contribution in [0.4, 0.5) is 5.69 Å². The van der Waals surface area contributed by atoms with Crippen LogP contribution in [0, 0.1) is 11.3 Å². The van der Waals surface area contributed by atoms with Crippen molar-refractivity contribution < 1.29 is 19.1 Å². The Hall–Kier alpha value is -2.45. The molecule has 3 fully saturated rings. The number of Topliss-reactive ketones (excluding diaryl/α,β-unsaturated/α-hetero) is 1. The number of rotatable bonds is 8. The highest BCUT2D eigenvalue weighted by atomic mass is 16.5. The van der Waals surface area contributed by atoms with Crippen LogP contribution in [0.3, 0.4) is 0 Å². The van der Waals surface area contributed by atoms with E-state index >= 15 is 0 Å². The molecule has 0 aromatic heterocycles. The number of amides is 2. The number of primary amides is 1. The van der Waals surface area contributed by atoms with E-state index in [1.165, 1.54) is 0 Å². The van der Waals surface area contributed by atoms with Crippen molar-refractivity contribution in [1.82, 2.24) is 9.80 Å². The van der Waals surface area contributed by atoms with Gasteiger partial charge in [-0.1, -0.05) is 41.0 Å². The molecule has 37 heavy (non-hydrogen) atoms. The second kappa shape index (κ2) is 11.1. The maximum absolute atomic E-state index is 14.4. The number of nitrogens with zero attached hydrogens (tertiary/aromatic N) is 3. The summed E-state index contributed by atoms with van der Waals surface area (Å²) in [6.07, 6.45) is 2.19. The standard InChI is InChI=1S/C29H44N4O4/c1-6-8-19-17-33(25-24(34)18-37-26(19)25)28(36)23(16-29(3,4)5)22-15-20(9-10-21(22)27(30)35)32-13-11-31(7-2)12-14-32/h9-10,15,19,23,25-26H,6-8,11-14,16-18H2,1-5H3,(H2,30,35)/t19-,23-,25+,26+/m0/s1. The lowest BCUT2D eigenvalue weighted by molar-refractivity contribution is -0.138. The van der Waals surface area contributed by atoms with Crippen LogP contribution < -0.4 is 10.6 Å². The number of likely N-dealkylation sites (N-methyl/N-ethyl adjacent to an activating group) is 1. The number of piperazine rings is 1. The fourth-order valence-electron chi connectivity index (χ4n) is 6.33. The van der Waals surface area contributed by atoms with Crippen molar-refractivity contribution in [3.05, 3.63) is 29.3 Å². The van der Waals surface area contributed by atoms with Gasteiger partial charge in [0.15, 0.2) is 5.78 Å². The Morgan fingerprint density at radius 2 is 1.84 bits per heavy atom. The van der Waals surface area contributed by atoms with Gasteiger partial charge >= 0.3 is 0 Å². The van der Waals surface area contributed by atoms with E-state index in [0.29, 0.717) is 24.1 Å². The number of anilines is 1. The molecule has 204 valence electrons. The Morgan fingerprint density at radius 1 is 1.14 bits per heavy atom. The molecule has 4 atom stereocenters. The predicted molar refractivity (Wildman–Crippen MR) is 145 cm³/mol. The zero-order valence-corrected chi connectivity index (χ0v) is 23.2. The maximum atomic E-state index is 14.4. The van der Waals surface area contributed by atoms with Gasteiger partial charge in [0, 0.05) is 49.9 Å². The van der Waals surface area contributed by atoms with E-state index in [-0.39, 0.29) is 35.7 Å². The average molecular weight is 513 g/mol. The smallest absolute Gasteiger partial charge is 0.249 e. The van der Waals surface area contributed by atoms with Gasteiger partial charge in [-0.25, -0.2) is 0 Å². The summed E-state index contributed by atoms with van der Waals surface area (Å²) >= 11 is 0. The molecular formula is C29H44N4O4. The second-order valence-electron chi connectivity index (χ2n) is 12.1. The summed E-state index contributed by atoms with van der Waals surface area (Å²) < 4.78 is 5.87. The van der Waals surface area contributed by atoms with Crippen molar-refractivity contribution in [3.63, 3.8) is 0 Å². The maximum Gasteiger partial charge on any atom is 0.249 e. The van der Waals surface area contributed by atoms with Crippen LogP contribution in [0.5, 0.6) is 0 Å². The quantitative estimate of drug-likeness (QED) is 0.575. The fraction of sp³-hybridized carbons (Fsp3) is 0.690. The number of benzene rings is 1. The molecule has 2 amide bonds. The summed E-state index contributed by atoms with van der Waals surface area (Å²) in [6.45, 7) is 15.9. The summed E-state index contributed by atoms with van der Waals surface area (Å²) in [5.74, 6) is -1.08. The van der Waals surface area contributed by atoms with Crippen LogP contribution in [0.25, 0.3) is 0 Å². The number of ether oxygens (including phenoxy) is 1. The highest BCUT2D eigenvalue weighted by molar-refractivity contribution is 5.99. The van der Waals surface area contributed by atoms with Gasteiger partial charge in [0.1, 0.15) is 12.6 Å². The number of hydrogen-bond donors (Lipinski definition) is 1. The third-order valence-corrected chi connectivity index (χ3v) is 8.21. The summed E-state index contributed by atoms with van der Waals surface area (Å²) in [4.78, 5) is 46.3. The van der Waals surface area contributed by atoms with Gasteiger partial charge in [0.25, 0.3) is 0 Å². The van der Waals surface area contributed by atoms with Crippen molar-refractivity contribution in [2.24, 2.45) is 17.1 Å². The molecule has 1 aromatic rings. The first kappa shape index (κ1) is 27.6. The molecule has 3 saturated heterocycles. The molecule has 4 rings (SSSR count). The number of likely N-dealkylation sites (tertiary alicyclic amines) is 1. The lowest BCUT2D eigenvalue weighted by Crippen LogP contribution is -2.46. The van der Waals surface area contributed by atoms with Crippen molar-refractivity contribution in [1.29, 1.82) is 0 Å². The zero-order chi connectivity index (χ0) is 26.9. The normalized spacial score (nSPS) is 25.4. The molecule has 3 aliphatic heterocycles. The fourth-order valence-corrected chi connectivity index (χ4v) is 6.33. The second-order valence-corrected chi connectivity index (χ2v) is 12.1. The molecule has 3 aliphatic rings. The van der Waals surface area contributed by atoms with Crippen molar-refractivity contribution >= 4 is 23.3 Å². The molecule has 0 radical (unpaired) electrons. The minimum Gasteiger partial charge on any atom is -0.369 e. The summed E-state index contributed by atoms with van der Waals surface area (Å²) in [5.41, 5.74) is 7.72. The molecule has 1 aromatic carbocycles.